The SMILES string of the molecule is Cc1ccc(S(=O)(=O)N(C(=O)OC(C)(C)C)[C@@H]2CCC[C@@H]3[C@H]2N3n2c(C(F)(F)F)nc3ccccc3c2=O)cc1. The molecule has 40 heavy (non-hydrogen) atoms. The fraction of sp³-hybridized carbons (Fsp3) is 0.444. The van der Waals surface area contributed by atoms with Crippen LogP contribution in [-0.4, -0.2) is 52.2 Å². The third-order valence-electron chi connectivity index (χ3n) is 7.03. The molecule has 9 nitrogen and oxygen atoms in total. The van der Waals surface area contributed by atoms with Crippen molar-refractivity contribution in [3.63, 3.8) is 0 Å². The van der Waals surface area contributed by atoms with Crippen LogP contribution in [0.25, 0.3) is 10.9 Å². The number of ether oxygens (including phenoxy) is 1. The minimum atomic E-state index is -4.97. The lowest BCUT2D eigenvalue weighted by Crippen LogP contribution is -2.51. The van der Waals surface area contributed by atoms with Crippen LogP contribution in [0.4, 0.5) is 18.0 Å². The zero-order valence-electron chi connectivity index (χ0n) is 22.3. The van der Waals surface area contributed by atoms with Crippen molar-refractivity contribution < 1.29 is 31.1 Å². The maximum atomic E-state index is 14.2. The number of sulfonamides is 1. The Kier molecular flexibility index (Phi) is 6.63. The number of halogens is 3. The molecule has 5 rings (SSSR count). The zero-order chi connectivity index (χ0) is 29.2. The lowest BCUT2D eigenvalue weighted by atomic mass is 9.96. The van der Waals surface area contributed by atoms with E-state index in [-0.39, 0.29) is 22.2 Å². The van der Waals surface area contributed by atoms with Crippen molar-refractivity contribution in [3.05, 3.63) is 70.3 Å². The average molecular weight is 579 g/mol. The van der Waals surface area contributed by atoms with Crippen molar-refractivity contribution in [1.29, 1.82) is 0 Å². The average Bonchev–Trinajstić information content (AvgIpc) is 3.57. The molecule has 1 amide bonds. The Bertz CT molecular complexity index is 1630. The molecule has 2 aliphatic rings. The maximum Gasteiger partial charge on any atom is 0.451 e. The highest BCUT2D eigenvalue weighted by Crippen LogP contribution is 2.44. The van der Waals surface area contributed by atoms with Gasteiger partial charge in [-0.3, -0.25) is 9.80 Å². The second kappa shape index (κ2) is 9.50. The standard InChI is InChI=1S/C27H29F3N4O5S/c1-16-12-14-17(15-13-16)40(37,38)34(25(36)39-26(2,3)4)21-11-7-10-20-22(21)32(20)33-23(35)18-8-5-6-9-19(18)31-24(33)27(28,29)30/h5-6,8-9,12-15,20-22H,7,10-11H2,1-4H3/t20-,21-,22-,32?/m1/s1. The second-order valence-corrected chi connectivity index (χ2v) is 12.9. The number of hydrogen-bond acceptors (Lipinski definition) is 7. The van der Waals surface area contributed by atoms with E-state index in [1.807, 2.05) is 0 Å². The van der Waals surface area contributed by atoms with Crippen molar-refractivity contribution in [2.45, 2.75) is 81.8 Å². The molecule has 0 radical (unpaired) electrons. The Labute approximate surface area is 229 Å². The molecule has 2 fully saturated rings. The van der Waals surface area contributed by atoms with Crippen LogP contribution in [0.5, 0.6) is 0 Å². The van der Waals surface area contributed by atoms with Crippen LogP contribution in [0, 0.1) is 6.92 Å². The molecule has 0 unspecified atom stereocenters. The summed E-state index contributed by atoms with van der Waals surface area (Å²) >= 11 is 0. The molecule has 1 saturated carbocycles. The number of rotatable bonds is 4. The molecule has 3 atom stereocenters. The van der Waals surface area contributed by atoms with Crippen LogP contribution in [0.2, 0.25) is 0 Å². The number of alkyl halides is 3. The van der Waals surface area contributed by atoms with E-state index in [0.717, 1.165) is 5.56 Å². The van der Waals surface area contributed by atoms with Crippen molar-refractivity contribution in [1.82, 2.24) is 14.0 Å². The molecule has 3 aromatic rings. The number of aromatic nitrogens is 2. The summed E-state index contributed by atoms with van der Waals surface area (Å²) in [7, 11) is -4.48. The minimum absolute atomic E-state index is 0.00743. The highest BCUT2D eigenvalue weighted by molar-refractivity contribution is 7.89. The van der Waals surface area contributed by atoms with Crippen molar-refractivity contribution in [2.75, 3.05) is 5.01 Å². The van der Waals surface area contributed by atoms with Gasteiger partial charge >= 0.3 is 12.3 Å². The summed E-state index contributed by atoms with van der Waals surface area (Å²) in [6, 6.07) is 9.06. The van der Waals surface area contributed by atoms with Gasteiger partial charge < -0.3 is 4.74 Å². The molecule has 1 saturated heterocycles. The first-order chi connectivity index (χ1) is 18.6. The van der Waals surface area contributed by atoms with Gasteiger partial charge in [-0.25, -0.2) is 18.2 Å². The zero-order valence-corrected chi connectivity index (χ0v) is 23.2. The molecule has 1 aliphatic carbocycles. The third kappa shape index (κ3) is 4.91. The van der Waals surface area contributed by atoms with Gasteiger partial charge in [0.2, 0.25) is 5.82 Å². The number of carbonyl (C=O) groups is 1. The van der Waals surface area contributed by atoms with Crippen LogP contribution >= 0.6 is 0 Å². The highest BCUT2D eigenvalue weighted by Gasteiger charge is 2.61. The first-order valence-electron chi connectivity index (χ1n) is 12.8. The van der Waals surface area contributed by atoms with E-state index in [2.05, 4.69) is 4.98 Å². The van der Waals surface area contributed by atoms with Gasteiger partial charge in [-0.15, -0.1) is 0 Å². The quantitative estimate of drug-likeness (QED) is 0.418. The molecule has 2 aromatic carbocycles. The predicted molar refractivity (Wildman–Crippen MR) is 141 cm³/mol. The van der Waals surface area contributed by atoms with Crippen LogP contribution in [-0.2, 0) is 20.9 Å². The first-order valence-corrected chi connectivity index (χ1v) is 14.3. The minimum Gasteiger partial charge on any atom is -0.443 e. The Morgan fingerprint density at radius 3 is 2.33 bits per heavy atom. The van der Waals surface area contributed by atoms with Crippen LogP contribution < -0.4 is 10.6 Å². The van der Waals surface area contributed by atoms with Gasteiger partial charge in [-0.2, -0.15) is 22.2 Å². The predicted octanol–water partition coefficient (Wildman–Crippen LogP) is 4.59. The van der Waals surface area contributed by atoms with Crippen LogP contribution in [0.15, 0.2) is 58.2 Å². The summed E-state index contributed by atoms with van der Waals surface area (Å²) in [5.41, 5.74) is -1.26. The monoisotopic (exact) mass is 578 g/mol. The van der Waals surface area contributed by atoms with Crippen LogP contribution in [0.3, 0.4) is 0 Å². The Morgan fingerprint density at radius 1 is 1.05 bits per heavy atom. The van der Waals surface area contributed by atoms with Gasteiger partial charge in [-0.1, -0.05) is 29.8 Å². The lowest BCUT2D eigenvalue weighted by molar-refractivity contribution is -0.147. The maximum absolute atomic E-state index is 14.2. The van der Waals surface area contributed by atoms with Gasteiger partial charge in [-0.05, 0) is 71.2 Å². The summed E-state index contributed by atoms with van der Waals surface area (Å²) in [4.78, 5) is 30.5. The van der Waals surface area contributed by atoms with Gasteiger partial charge in [0.15, 0.2) is 0 Å². The second-order valence-electron chi connectivity index (χ2n) is 11.1. The number of nitrogens with zero attached hydrogens (tertiary/aromatic N) is 4. The molecular formula is C27H29F3N4O5S. The summed E-state index contributed by atoms with van der Waals surface area (Å²) in [5.74, 6) is -1.41. The number of amides is 1. The van der Waals surface area contributed by atoms with Crippen LogP contribution in [0.1, 0.15) is 51.4 Å². The lowest BCUT2D eigenvalue weighted by Gasteiger charge is -2.34. The number of aryl methyl sites for hydroxylation is 1. The first kappa shape index (κ1) is 27.9. The third-order valence-corrected chi connectivity index (χ3v) is 8.84. The largest absolute Gasteiger partial charge is 0.451 e. The molecular weight excluding hydrogens is 549 g/mol. The van der Waals surface area contributed by atoms with E-state index in [1.54, 1.807) is 39.8 Å². The van der Waals surface area contributed by atoms with Gasteiger partial charge in [0.05, 0.1) is 33.9 Å². The topological polar surface area (TPSA) is 102 Å². The van der Waals surface area contributed by atoms with E-state index in [1.165, 1.54) is 41.4 Å². The summed E-state index contributed by atoms with van der Waals surface area (Å²) < 4.78 is 77.0. The summed E-state index contributed by atoms with van der Waals surface area (Å²) in [6.07, 6.45) is -5.10. The van der Waals surface area contributed by atoms with E-state index in [9.17, 15) is 31.2 Å². The fourth-order valence-corrected chi connectivity index (χ4v) is 6.86. The Morgan fingerprint density at radius 2 is 1.70 bits per heavy atom. The molecule has 13 heteroatoms. The molecule has 1 aliphatic heterocycles. The number of benzene rings is 2. The van der Waals surface area contributed by atoms with E-state index in [4.69, 9.17) is 4.74 Å². The van der Waals surface area contributed by atoms with Crippen molar-refractivity contribution >= 4 is 27.0 Å². The molecule has 214 valence electrons. The van der Waals surface area contributed by atoms with Gasteiger partial charge in [0.1, 0.15) is 5.60 Å². The smallest absolute Gasteiger partial charge is 0.443 e. The van der Waals surface area contributed by atoms with E-state index < -0.39 is 57.4 Å². The molecule has 1 aromatic heterocycles. The van der Waals surface area contributed by atoms with Crippen molar-refractivity contribution in [2.24, 2.45) is 0 Å². The Hall–Kier alpha value is -3.61. The Balaban J connectivity index is 1.63. The normalized spacial score (nSPS) is 21.2. The van der Waals surface area contributed by atoms with Gasteiger partial charge in [0, 0.05) is 0 Å². The molecule has 0 spiro atoms. The number of para-hydroxylation sites is 1. The fourth-order valence-electron chi connectivity index (χ4n) is 5.33. The number of hydrogen-bond donors (Lipinski definition) is 0. The summed E-state index contributed by atoms with van der Waals surface area (Å²) in [5, 5.41) is 1.21. The van der Waals surface area contributed by atoms with Gasteiger partial charge in [0.25, 0.3) is 15.6 Å². The number of fused-ring (bicyclic) bond motifs is 2. The molecule has 0 bridgehead atoms. The molecule has 0 N–H and O–H groups in total. The van der Waals surface area contributed by atoms with E-state index >= 15 is 0 Å². The molecule has 2 heterocycles. The summed E-state index contributed by atoms with van der Waals surface area (Å²) in [6.45, 7) is 6.54. The number of carbonyl (C=O) groups excluding carboxylic acids is 1. The van der Waals surface area contributed by atoms with Crippen molar-refractivity contribution in [3.8, 4) is 0 Å². The highest BCUT2D eigenvalue weighted by atomic mass is 32.2. The van der Waals surface area contributed by atoms with E-state index in [0.29, 0.717) is 21.8 Å².